The second kappa shape index (κ2) is 20.3. The third-order valence-electron chi connectivity index (χ3n) is 7.43. The van der Waals surface area contributed by atoms with E-state index in [1.54, 1.807) is 36.4 Å². The lowest BCUT2D eigenvalue weighted by Gasteiger charge is -2.21. The number of carbonyl (C=O) groups is 3. The van der Waals surface area contributed by atoms with Crippen molar-refractivity contribution >= 4 is 27.1 Å². The van der Waals surface area contributed by atoms with Crippen LogP contribution in [0.2, 0.25) is 0 Å². The molecule has 0 aromatic heterocycles. The third kappa shape index (κ3) is 13.8. The number of hydrogen-bond acceptors (Lipinski definition) is 10. The second-order valence-electron chi connectivity index (χ2n) is 12.9. The van der Waals surface area contributed by atoms with Crippen LogP contribution in [0.15, 0.2) is 97.1 Å². The Bertz CT molecular complexity index is 1700. The van der Waals surface area contributed by atoms with Crippen molar-refractivity contribution in [3.63, 3.8) is 0 Å². The minimum absolute atomic E-state index is 0.0495. The van der Waals surface area contributed by atoms with Crippen molar-refractivity contribution in [2.45, 2.75) is 39.8 Å². The molecule has 0 aliphatic rings. The Morgan fingerprint density at radius 2 is 0.962 bits per heavy atom. The van der Waals surface area contributed by atoms with E-state index in [0.717, 1.165) is 23.3 Å². The predicted octanol–water partition coefficient (Wildman–Crippen LogP) is 7.83. The van der Waals surface area contributed by atoms with Gasteiger partial charge in [0.2, 0.25) is 0 Å². The molecule has 0 N–H and O–H groups in total. The van der Waals surface area contributed by atoms with Crippen LogP contribution >= 0.6 is 9.24 Å². The van der Waals surface area contributed by atoms with Gasteiger partial charge in [-0.2, -0.15) is 0 Å². The molecule has 0 saturated heterocycles. The van der Waals surface area contributed by atoms with Gasteiger partial charge in [0, 0.05) is 0 Å². The van der Waals surface area contributed by atoms with Gasteiger partial charge in [-0.3, -0.25) is 4.79 Å². The standard InChI is InChI=1S/C41H47O10P/c1-5-47-33-14-6-29(7-15-33)30-8-18-35(19-9-30)50-39(43)32-12-20-36(21-13-32)51-38(42)31-10-16-34(17-11-31)48-26-24-45-22-23-46-25-27-49-40(44)37(52)28-41(2,3)4/h6-21,37H,5,22-28,52H2,1-4H3. The van der Waals surface area contributed by atoms with Gasteiger partial charge in [-0.1, -0.05) is 45.0 Å². The van der Waals surface area contributed by atoms with E-state index in [4.69, 9.17) is 33.2 Å². The molecular formula is C41H47O10P. The van der Waals surface area contributed by atoms with E-state index in [1.807, 2.05) is 43.3 Å². The summed E-state index contributed by atoms with van der Waals surface area (Å²) in [6.07, 6.45) is 0.729. The quantitative estimate of drug-likeness (QED) is 0.0409. The Morgan fingerprint density at radius 3 is 1.44 bits per heavy atom. The first-order valence-corrected chi connectivity index (χ1v) is 17.9. The van der Waals surface area contributed by atoms with Crippen LogP contribution in [0.25, 0.3) is 11.1 Å². The average Bonchev–Trinajstić information content (AvgIpc) is 3.13. The summed E-state index contributed by atoms with van der Waals surface area (Å²) in [5, 5.41) is 0. The predicted molar refractivity (Wildman–Crippen MR) is 202 cm³/mol. The van der Waals surface area contributed by atoms with Gasteiger partial charge in [-0.05, 0) is 103 Å². The zero-order valence-corrected chi connectivity index (χ0v) is 31.3. The fraction of sp³-hybridized carbons (Fsp3) is 0.341. The highest BCUT2D eigenvalue weighted by molar-refractivity contribution is 7.19. The molecule has 11 heteroatoms. The first-order valence-electron chi connectivity index (χ1n) is 17.2. The zero-order chi connectivity index (χ0) is 37.3. The van der Waals surface area contributed by atoms with Crippen LogP contribution in [0.1, 0.15) is 54.8 Å². The molecule has 0 radical (unpaired) electrons. The monoisotopic (exact) mass is 730 g/mol. The molecule has 2 atom stereocenters. The Hall–Kier alpha value is -4.76. The molecule has 0 spiro atoms. The van der Waals surface area contributed by atoms with E-state index >= 15 is 0 Å². The summed E-state index contributed by atoms with van der Waals surface area (Å²) in [6, 6.07) is 27.7. The van der Waals surface area contributed by atoms with E-state index in [-0.39, 0.29) is 29.4 Å². The van der Waals surface area contributed by atoms with Gasteiger partial charge in [0.15, 0.2) is 0 Å². The number of ether oxygens (including phenoxy) is 7. The van der Waals surface area contributed by atoms with Crippen molar-refractivity contribution in [1.82, 2.24) is 0 Å². The van der Waals surface area contributed by atoms with Crippen molar-refractivity contribution in [2.24, 2.45) is 5.41 Å². The van der Waals surface area contributed by atoms with E-state index in [1.165, 1.54) is 24.3 Å². The summed E-state index contributed by atoms with van der Waals surface area (Å²) < 4.78 is 38.4. The Kier molecular flexibility index (Phi) is 15.6. The number of rotatable bonds is 19. The molecule has 2 unspecified atom stereocenters. The summed E-state index contributed by atoms with van der Waals surface area (Å²) in [4.78, 5) is 37.4. The average molecular weight is 731 g/mol. The number of esters is 3. The Balaban J connectivity index is 1.10. The van der Waals surface area contributed by atoms with Crippen molar-refractivity contribution in [2.75, 3.05) is 46.2 Å². The van der Waals surface area contributed by atoms with Crippen LogP contribution in [0, 0.1) is 5.41 Å². The molecule has 0 bridgehead atoms. The molecule has 0 heterocycles. The van der Waals surface area contributed by atoms with Crippen LogP contribution in [-0.4, -0.2) is 69.8 Å². The molecule has 10 nitrogen and oxygen atoms in total. The molecule has 4 aromatic rings. The van der Waals surface area contributed by atoms with Gasteiger partial charge < -0.3 is 33.2 Å². The molecule has 0 aliphatic heterocycles. The lowest BCUT2D eigenvalue weighted by molar-refractivity contribution is -0.145. The highest BCUT2D eigenvalue weighted by Crippen LogP contribution is 2.27. The van der Waals surface area contributed by atoms with Gasteiger partial charge >= 0.3 is 17.9 Å². The molecule has 4 aromatic carbocycles. The fourth-order valence-electron chi connectivity index (χ4n) is 4.90. The van der Waals surface area contributed by atoms with Crippen molar-refractivity contribution < 1.29 is 47.5 Å². The maximum absolute atomic E-state index is 12.7. The van der Waals surface area contributed by atoms with Gasteiger partial charge in [0.05, 0.1) is 49.8 Å². The smallest absolute Gasteiger partial charge is 0.343 e. The van der Waals surface area contributed by atoms with Crippen molar-refractivity contribution in [1.29, 1.82) is 0 Å². The second-order valence-corrected chi connectivity index (χ2v) is 13.7. The molecule has 0 aliphatic carbocycles. The van der Waals surface area contributed by atoms with Crippen LogP contribution in [0.5, 0.6) is 23.0 Å². The molecule has 4 rings (SSSR count). The van der Waals surface area contributed by atoms with Crippen LogP contribution < -0.4 is 18.9 Å². The van der Waals surface area contributed by atoms with E-state index in [2.05, 4.69) is 30.0 Å². The van der Waals surface area contributed by atoms with Gasteiger partial charge in [0.25, 0.3) is 0 Å². The topological polar surface area (TPSA) is 116 Å². The van der Waals surface area contributed by atoms with E-state index < -0.39 is 11.9 Å². The minimum Gasteiger partial charge on any atom is -0.494 e. The number of carbonyl (C=O) groups excluding carboxylic acids is 3. The number of benzene rings is 4. The largest absolute Gasteiger partial charge is 0.494 e. The minimum atomic E-state index is -0.550. The molecule has 0 fully saturated rings. The molecular weight excluding hydrogens is 683 g/mol. The van der Waals surface area contributed by atoms with Crippen LogP contribution in [-0.2, 0) is 19.0 Å². The normalized spacial score (nSPS) is 11.7. The maximum Gasteiger partial charge on any atom is 0.343 e. The number of hydrogen-bond donors (Lipinski definition) is 0. The molecule has 0 saturated carbocycles. The summed E-state index contributed by atoms with van der Waals surface area (Å²) in [5.41, 5.74) is 2.47. The summed E-state index contributed by atoms with van der Waals surface area (Å²) in [6.45, 7) is 10.7. The van der Waals surface area contributed by atoms with Gasteiger partial charge in [-0.15, -0.1) is 9.24 Å². The maximum atomic E-state index is 12.7. The first-order chi connectivity index (χ1) is 25.0. The highest BCUT2D eigenvalue weighted by Gasteiger charge is 2.22. The lowest BCUT2D eigenvalue weighted by Crippen LogP contribution is -2.24. The zero-order valence-electron chi connectivity index (χ0n) is 30.1. The van der Waals surface area contributed by atoms with Crippen LogP contribution in [0.3, 0.4) is 0 Å². The van der Waals surface area contributed by atoms with E-state index in [9.17, 15) is 14.4 Å². The molecule has 52 heavy (non-hydrogen) atoms. The molecule has 0 amide bonds. The summed E-state index contributed by atoms with van der Waals surface area (Å²) in [5.74, 6) is 0.760. The third-order valence-corrected chi connectivity index (χ3v) is 7.94. The summed E-state index contributed by atoms with van der Waals surface area (Å²) >= 11 is 0. The van der Waals surface area contributed by atoms with Crippen LogP contribution in [0.4, 0.5) is 0 Å². The molecule has 276 valence electrons. The summed E-state index contributed by atoms with van der Waals surface area (Å²) in [7, 11) is 2.54. The van der Waals surface area contributed by atoms with Gasteiger partial charge in [-0.25, -0.2) is 9.59 Å². The SMILES string of the molecule is CCOc1ccc(-c2ccc(OC(=O)c3ccc(OC(=O)c4ccc(OCCOCCOCCOC(=O)C(P)CC(C)(C)C)cc4)cc3)cc2)cc1. The highest BCUT2D eigenvalue weighted by atomic mass is 31.0. The Labute approximate surface area is 307 Å². The van der Waals surface area contributed by atoms with Crippen molar-refractivity contribution in [3.05, 3.63) is 108 Å². The Morgan fingerprint density at radius 1 is 0.558 bits per heavy atom. The van der Waals surface area contributed by atoms with Crippen molar-refractivity contribution in [3.8, 4) is 34.1 Å². The van der Waals surface area contributed by atoms with E-state index in [0.29, 0.717) is 62.3 Å². The lowest BCUT2D eigenvalue weighted by atomic mass is 9.90. The fourth-order valence-corrected chi connectivity index (χ4v) is 5.70. The van der Waals surface area contributed by atoms with Gasteiger partial charge in [0.1, 0.15) is 36.2 Å². The first kappa shape index (κ1) is 40.0.